The van der Waals surface area contributed by atoms with Gasteiger partial charge in [-0.05, 0) is 25.1 Å². The minimum atomic E-state index is -2.62. The molecule has 2 nitrogen and oxygen atoms in total. The van der Waals surface area contributed by atoms with Crippen molar-refractivity contribution in [1.82, 2.24) is 4.98 Å². The number of nitrogens with one attached hydrogen (secondary N) is 1. The maximum Gasteiger partial charge on any atom is 0.280 e. The smallest absolute Gasteiger partial charge is 0.280 e. The summed E-state index contributed by atoms with van der Waals surface area (Å²) in [6, 6.07) is 4.81. The fourth-order valence-electron chi connectivity index (χ4n) is 1.72. The van der Waals surface area contributed by atoms with Crippen LogP contribution in [0.1, 0.15) is 19.0 Å². The van der Waals surface area contributed by atoms with Crippen molar-refractivity contribution in [3.63, 3.8) is 0 Å². The minimum Gasteiger partial charge on any atom is -0.385 e. The molecule has 1 aromatic carbocycles. The van der Waals surface area contributed by atoms with E-state index in [1.54, 1.807) is 6.07 Å². The molecule has 1 aromatic heterocycles. The molecule has 0 fully saturated rings. The molecule has 0 bridgehead atoms. The average Bonchev–Trinajstić information content (AvgIpc) is 2.29. The molecule has 1 N–H and O–H groups in total. The van der Waals surface area contributed by atoms with Crippen LogP contribution in [0.25, 0.3) is 10.9 Å². The first kappa shape index (κ1) is 13.5. The Hall–Kier alpha value is -0.940. The van der Waals surface area contributed by atoms with Gasteiger partial charge in [-0.15, -0.1) is 0 Å². The van der Waals surface area contributed by atoms with Crippen LogP contribution in [0.15, 0.2) is 22.7 Å². The molecule has 0 saturated carbocycles. The molecule has 0 aliphatic heterocycles. The predicted octanol–water partition coefficient (Wildman–Crippen LogP) is 5.02. The van der Waals surface area contributed by atoms with E-state index in [2.05, 4.69) is 26.2 Å². The molecule has 2 aromatic rings. The highest BCUT2D eigenvalue weighted by Crippen LogP contribution is 2.34. The standard InChI is InChI=1S/C12H10BrClF2N2/c1-2-17-9-5-10(12(15)16)18-11-7(9)3-6(13)4-8(11)14/h3-5,12H,2H2,1H3,(H,17,18). The van der Waals surface area contributed by atoms with Crippen LogP contribution in [0.5, 0.6) is 0 Å². The number of halogens is 4. The number of benzene rings is 1. The molecule has 18 heavy (non-hydrogen) atoms. The zero-order valence-corrected chi connectivity index (χ0v) is 11.8. The van der Waals surface area contributed by atoms with Crippen LogP contribution in [-0.4, -0.2) is 11.5 Å². The maximum atomic E-state index is 12.8. The molecule has 0 aliphatic rings. The van der Waals surface area contributed by atoms with Crippen LogP contribution in [0, 0.1) is 0 Å². The third-order valence-corrected chi connectivity index (χ3v) is 3.19. The van der Waals surface area contributed by atoms with Crippen molar-refractivity contribution in [2.45, 2.75) is 13.3 Å². The molecule has 6 heteroatoms. The van der Waals surface area contributed by atoms with Gasteiger partial charge in [-0.25, -0.2) is 13.8 Å². The lowest BCUT2D eigenvalue weighted by Gasteiger charge is -2.11. The molecule has 2 rings (SSSR count). The van der Waals surface area contributed by atoms with Crippen molar-refractivity contribution < 1.29 is 8.78 Å². The van der Waals surface area contributed by atoms with Crippen LogP contribution >= 0.6 is 27.5 Å². The van der Waals surface area contributed by atoms with Crippen LogP contribution in [0.2, 0.25) is 5.02 Å². The topological polar surface area (TPSA) is 24.9 Å². The number of fused-ring (bicyclic) bond motifs is 1. The third kappa shape index (κ3) is 2.57. The van der Waals surface area contributed by atoms with E-state index in [1.165, 1.54) is 6.07 Å². The largest absolute Gasteiger partial charge is 0.385 e. The Morgan fingerprint density at radius 1 is 1.39 bits per heavy atom. The summed E-state index contributed by atoms with van der Waals surface area (Å²) in [4.78, 5) is 3.92. The van der Waals surface area contributed by atoms with Gasteiger partial charge in [-0.2, -0.15) is 0 Å². The summed E-state index contributed by atoms with van der Waals surface area (Å²) in [7, 11) is 0. The molecule has 96 valence electrons. The van der Waals surface area contributed by atoms with E-state index in [1.807, 2.05) is 13.0 Å². The van der Waals surface area contributed by atoms with Gasteiger partial charge in [-0.1, -0.05) is 27.5 Å². The highest BCUT2D eigenvalue weighted by molar-refractivity contribution is 9.10. The predicted molar refractivity (Wildman–Crippen MR) is 73.6 cm³/mol. The Balaban J connectivity index is 2.76. The molecule has 0 radical (unpaired) electrons. The van der Waals surface area contributed by atoms with Crippen LogP contribution in [0.4, 0.5) is 14.5 Å². The molecule has 0 saturated heterocycles. The fourth-order valence-corrected chi connectivity index (χ4v) is 2.57. The summed E-state index contributed by atoms with van der Waals surface area (Å²) < 4.78 is 26.4. The lowest BCUT2D eigenvalue weighted by atomic mass is 10.1. The lowest BCUT2D eigenvalue weighted by Crippen LogP contribution is -2.01. The molecule has 0 amide bonds. The van der Waals surface area contributed by atoms with Crippen LogP contribution in [-0.2, 0) is 0 Å². The van der Waals surface area contributed by atoms with E-state index in [0.717, 1.165) is 9.86 Å². The summed E-state index contributed by atoms with van der Waals surface area (Å²) in [5.74, 6) is 0. The highest BCUT2D eigenvalue weighted by Gasteiger charge is 2.15. The van der Waals surface area contributed by atoms with Crippen molar-refractivity contribution in [2.24, 2.45) is 0 Å². The second-order valence-corrected chi connectivity index (χ2v) is 5.03. The van der Waals surface area contributed by atoms with E-state index in [9.17, 15) is 8.78 Å². The number of hydrogen-bond acceptors (Lipinski definition) is 2. The average molecular weight is 336 g/mol. The SMILES string of the molecule is CCNc1cc(C(F)F)nc2c(Cl)cc(Br)cc12. The maximum absolute atomic E-state index is 12.8. The van der Waals surface area contributed by atoms with Crippen molar-refractivity contribution in [3.8, 4) is 0 Å². The molecule has 0 aliphatic carbocycles. The fraction of sp³-hybridized carbons (Fsp3) is 0.250. The van der Waals surface area contributed by atoms with Crippen molar-refractivity contribution in [2.75, 3.05) is 11.9 Å². The van der Waals surface area contributed by atoms with Crippen LogP contribution in [0.3, 0.4) is 0 Å². The zero-order chi connectivity index (χ0) is 13.3. The van der Waals surface area contributed by atoms with E-state index in [0.29, 0.717) is 22.8 Å². The second kappa shape index (κ2) is 5.36. The van der Waals surface area contributed by atoms with Gasteiger partial charge in [0.15, 0.2) is 0 Å². The number of rotatable bonds is 3. The quantitative estimate of drug-likeness (QED) is 0.852. The Labute approximate surface area is 116 Å². The monoisotopic (exact) mass is 334 g/mol. The molecular formula is C12H10BrClF2N2. The number of anilines is 1. The lowest BCUT2D eigenvalue weighted by molar-refractivity contribution is 0.146. The summed E-state index contributed by atoms with van der Waals surface area (Å²) >= 11 is 9.37. The third-order valence-electron chi connectivity index (χ3n) is 2.44. The summed E-state index contributed by atoms with van der Waals surface area (Å²) in [5.41, 5.74) is 0.720. The first-order chi connectivity index (χ1) is 8.52. The van der Waals surface area contributed by atoms with Gasteiger partial charge in [-0.3, -0.25) is 0 Å². The van der Waals surface area contributed by atoms with E-state index in [-0.39, 0.29) is 5.69 Å². The Morgan fingerprint density at radius 2 is 2.11 bits per heavy atom. The van der Waals surface area contributed by atoms with Crippen molar-refractivity contribution in [3.05, 3.63) is 33.4 Å². The van der Waals surface area contributed by atoms with Gasteiger partial charge in [0.1, 0.15) is 5.69 Å². The van der Waals surface area contributed by atoms with E-state index >= 15 is 0 Å². The van der Waals surface area contributed by atoms with Crippen LogP contribution < -0.4 is 5.32 Å². The molecule has 0 spiro atoms. The minimum absolute atomic E-state index is 0.275. The van der Waals surface area contributed by atoms with Gasteiger partial charge in [0.25, 0.3) is 6.43 Å². The van der Waals surface area contributed by atoms with Gasteiger partial charge < -0.3 is 5.32 Å². The van der Waals surface area contributed by atoms with Gasteiger partial charge >= 0.3 is 0 Å². The molecular weight excluding hydrogens is 325 g/mol. The van der Waals surface area contributed by atoms with Gasteiger partial charge in [0.05, 0.1) is 10.5 Å². The normalized spacial score (nSPS) is 11.2. The second-order valence-electron chi connectivity index (χ2n) is 3.71. The molecule has 0 atom stereocenters. The van der Waals surface area contributed by atoms with Crippen molar-refractivity contribution >= 4 is 44.1 Å². The summed E-state index contributed by atoms with van der Waals surface area (Å²) in [6.45, 7) is 2.53. The Morgan fingerprint density at radius 3 is 2.72 bits per heavy atom. The zero-order valence-electron chi connectivity index (χ0n) is 9.48. The number of nitrogens with zero attached hydrogens (tertiary/aromatic N) is 1. The van der Waals surface area contributed by atoms with Gasteiger partial charge in [0, 0.05) is 22.1 Å². The molecule has 1 heterocycles. The van der Waals surface area contributed by atoms with Gasteiger partial charge in [0.2, 0.25) is 0 Å². The number of hydrogen-bond donors (Lipinski definition) is 1. The number of aromatic nitrogens is 1. The summed E-state index contributed by atoms with van der Waals surface area (Å²) in [5, 5.41) is 4.12. The highest BCUT2D eigenvalue weighted by atomic mass is 79.9. The Kier molecular flexibility index (Phi) is 4.02. The number of alkyl halides is 2. The van der Waals surface area contributed by atoms with Crippen molar-refractivity contribution in [1.29, 1.82) is 0 Å². The molecule has 0 unspecified atom stereocenters. The summed E-state index contributed by atoms with van der Waals surface area (Å²) in [6.07, 6.45) is -2.62. The number of pyridine rings is 1. The van der Waals surface area contributed by atoms with E-state index in [4.69, 9.17) is 11.6 Å². The Bertz CT molecular complexity index is 590. The first-order valence-electron chi connectivity index (χ1n) is 5.34. The first-order valence-corrected chi connectivity index (χ1v) is 6.51. The van der Waals surface area contributed by atoms with E-state index < -0.39 is 6.43 Å².